The molecular formula is C20H19N3O3S2. The molecule has 0 aliphatic heterocycles. The number of thioether (sulfide) groups is 1. The molecule has 1 heterocycles. The van der Waals surface area contributed by atoms with Crippen LogP contribution in [0, 0.1) is 6.92 Å². The number of nitrogens with one attached hydrogen (secondary N) is 2. The molecule has 8 heteroatoms. The third-order valence-corrected chi connectivity index (χ3v) is 6.16. The Bertz CT molecular complexity index is 1040. The summed E-state index contributed by atoms with van der Waals surface area (Å²) in [6, 6.07) is 17.2. The van der Waals surface area contributed by atoms with Crippen LogP contribution in [0.4, 0.5) is 11.4 Å². The highest BCUT2D eigenvalue weighted by Crippen LogP contribution is 2.20. The summed E-state index contributed by atoms with van der Waals surface area (Å²) >= 11 is 1.44. The lowest BCUT2D eigenvalue weighted by Gasteiger charge is -2.09. The van der Waals surface area contributed by atoms with Gasteiger partial charge in [0.05, 0.1) is 22.5 Å². The zero-order chi connectivity index (χ0) is 20.0. The van der Waals surface area contributed by atoms with E-state index in [1.54, 1.807) is 30.5 Å². The molecule has 0 fully saturated rings. The molecule has 0 saturated heterocycles. The fraction of sp³-hybridized carbons (Fsp3) is 0.100. The topological polar surface area (TPSA) is 88.2 Å². The van der Waals surface area contributed by atoms with Crippen molar-refractivity contribution in [2.45, 2.75) is 16.7 Å². The van der Waals surface area contributed by atoms with E-state index in [0.29, 0.717) is 11.4 Å². The lowest BCUT2D eigenvalue weighted by atomic mass is 10.2. The molecule has 3 rings (SSSR count). The minimum Gasteiger partial charge on any atom is -0.325 e. The van der Waals surface area contributed by atoms with Gasteiger partial charge in [0.15, 0.2) is 0 Å². The van der Waals surface area contributed by atoms with Gasteiger partial charge in [-0.2, -0.15) is 0 Å². The number of pyridine rings is 1. The number of aryl methyl sites for hydroxylation is 1. The van der Waals surface area contributed by atoms with Gasteiger partial charge >= 0.3 is 0 Å². The fourth-order valence-electron chi connectivity index (χ4n) is 2.34. The number of carbonyl (C=O) groups is 1. The van der Waals surface area contributed by atoms with E-state index in [2.05, 4.69) is 15.0 Å². The predicted octanol–water partition coefficient (Wildman–Crippen LogP) is 3.92. The van der Waals surface area contributed by atoms with Crippen LogP contribution in [0.1, 0.15) is 5.56 Å². The Balaban J connectivity index is 1.57. The van der Waals surface area contributed by atoms with Gasteiger partial charge in [-0.25, -0.2) is 8.42 Å². The van der Waals surface area contributed by atoms with Crippen LogP contribution in [0.15, 0.2) is 82.8 Å². The molecule has 0 atom stereocenters. The van der Waals surface area contributed by atoms with Crippen molar-refractivity contribution in [2.24, 2.45) is 0 Å². The number of hydrogen-bond acceptors (Lipinski definition) is 5. The summed E-state index contributed by atoms with van der Waals surface area (Å²) < 4.78 is 27.2. The standard InChI is InChI=1S/C20H19N3O3S2/c1-15-4-8-18(9-5-15)27-14-20(24)22-16-6-10-19(11-7-16)28(25,26)23-17-3-2-12-21-13-17/h2-13,23H,14H2,1H3,(H,22,24). The summed E-state index contributed by atoms with van der Waals surface area (Å²) in [6.07, 6.45) is 2.99. The lowest BCUT2D eigenvalue weighted by molar-refractivity contribution is -0.113. The molecular weight excluding hydrogens is 394 g/mol. The first-order chi connectivity index (χ1) is 13.4. The second-order valence-electron chi connectivity index (χ2n) is 6.02. The van der Waals surface area contributed by atoms with E-state index >= 15 is 0 Å². The number of sulfonamides is 1. The number of rotatable bonds is 7. The summed E-state index contributed by atoms with van der Waals surface area (Å²) in [7, 11) is -3.72. The molecule has 0 bridgehead atoms. The quantitative estimate of drug-likeness (QED) is 0.573. The van der Waals surface area contributed by atoms with Crippen molar-refractivity contribution >= 4 is 39.1 Å². The maximum atomic E-state index is 12.4. The van der Waals surface area contributed by atoms with Crippen molar-refractivity contribution in [3.05, 3.63) is 78.6 Å². The SMILES string of the molecule is Cc1ccc(SCC(=O)Nc2ccc(S(=O)(=O)Nc3cccnc3)cc2)cc1. The normalized spacial score (nSPS) is 11.0. The lowest BCUT2D eigenvalue weighted by Crippen LogP contribution is -2.15. The second-order valence-corrected chi connectivity index (χ2v) is 8.75. The molecule has 0 spiro atoms. The first kappa shape index (κ1) is 19.9. The van der Waals surface area contributed by atoms with Crippen LogP contribution in [0.2, 0.25) is 0 Å². The van der Waals surface area contributed by atoms with Crippen molar-refractivity contribution in [3.63, 3.8) is 0 Å². The van der Waals surface area contributed by atoms with E-state index in [1.807, 2.05) is 31.2 Å². The van der Waals surface area contributed by atoms with Gasteiger partial charge in [0.25, 0.3) is 10.0 Å². The third kappa shape index (κ3) is 5.58. The summed E-state index contributed by atoms with van der Waals surface area (Å²) in [5.74, 6) is 0.112. The maximum Gasteiger partial charge on any atom is 0.261 e. The molecule has 1 aromatic heterocycles. The van der Waals surface area contributed by atoms with Crippen molar-refractivity contribution in [1.29, 1.82) is 0 Å². The minimum absolute atomic E-state index is 0.100. The van der Waals surface area contributed by atoms with Crippen molar-refractivity contribution < 1.29 is 13.2 Å². The minimum atomic E-state index is -3.72. The fourth-order valence-corrected chi connectivity index (χ4v) is 4.08. The smallest absolute Gasteiger partial charge is 0.261 e. The van der Waals surface area contributed by atoms with E-state index in [1.165, 1.54) is 35.7 Å². The van der Waals surface area contributed by atoms with Crippen LogP contribution in [-0.4, -0.2) is 25.1 Å². The maximum absolute atomic E-state index is 12.4. The van der Waals surface area contributed by atoms with E-state index in [0.717, 1.165) is 4.90 Å². The Hall–Kier alpha value is -2.84. The molecule has 28 heavy (non-hydrogen) atoms. The van der Waals surface area contributed by atoms with Gasteiger partial charge in [-0.15, -0.1) is 11.8 Å². The van der Waals surface area contributed by atoms with Crippen LogP contribution in [0.5, 0.6) is 0 Å². The summed E-state index contributed by atoms with van der Waals surface area (Å²) in [5.41, 5.74) is 2.09. The third-order valence-electron chi connectivity index (χ3n) is 3.75. The molecule has 144 valence electrons. The number of carbonyl (C=O) groups excluding carboxylic acids is 1. The average Bonchev–Trinajstić information content (AvgIpc) is 2.68. The first-order valence-electron chi connectivity index (χ1n) is 8.45. The highest BCUT2D eigenvalue weighted by Gasteiger charge is 2.14. The van der Waals surface area contributed by atoms with Gasteiger partial charge < -0.3 is 5.32 Å². The Morgan fingerprint density at radius 1 is 1.00 bits per heavy atom. The second kappa shape index (κ2) is 8.90. The summed E-state index contributed by atoms with van der Waals surface area (Å²) in [6.45, 7) is 2.01. The molecule has 2 aromatic carbocycles. The summed E-state index contributed by atoms with van der Waals surface area (Å²) in [5, 5.41) is 2.77. The van der Waals surface area contributed by atoms with Crippen LogP contribution in [0.3, 0.4) is 0 Å². The molecule has 0 radical (unpaired) electrons. The number of nitrogens with zero attached hydrogens (tertiary/aromatic N) is 1. The number of benzene rings is 2. The zero-order valence-electron chi connectivity index (χ0n) is 15.1. The largest absolute Gasteiger partial charge is 0.325 e. The number of amides is 1. The first-order valence-corrected chi connectivity index (χ1v) is 10.9. The van der Waals surface area contributed by atoms with Crippen LogP contribution in [-0.2, 0) is 14.8 Å². The molecule has 6 nitrogen and oxygen atoms in total. The molecule has 2 N–H and O–H groups in total. The van der Waals surface area contributed by atoms with Crippen molar-refractivity contribution in [2.75, 3.05) is 15.8 Å². The van der Waals surface area contributed by atoms with E-state index in [9.17, 15) is 13.2 Å². The summed E-state index contributed by atoms with van der Waals surface area (Å²) in [4.78, 5) is 17.1. The Labute approximate surface area is 168 Å². The predicted molar refractivity (Wildman–Crippen MR) is 112 cm³/mol. The highest BCUT2D eigenvalue weighted by molar-refractivity contribution is 8.00. The monoisotopic (exact) mass is 413 g/mol. The molecule has 0 unspecified atom stereocenters. The molecule has 0 aliphatic carbocycles. The van der Waals surface area contributed by atoms with Gasteiger partial charge in [0.2, 0.25) is 5.91 Å². The van der Waals surface area contributed by atoms with Gasteiger partial charge in [-0.1, -0.05) is 17.7 Å². The number of hydrogen-bond donors (Lipinski definition) is 2. The van der Waals surface area contributed by atoms with Crippen LogP contribution >= 0.6 is 11.8 Å². The van der Waals surface area contributed by atoms with E-state index < -0.39 is 10.0 Å². The van der Waals surface area contributed by atoms with E-state index in [-0.39, 0.29) is 16.6 Å². The average molecular weight is 414 g/mol. The van der Waals surface area contributed by atoms with Crippen molar-refractivity contribution in [1.82, 2.24) is 4.98 Å². The van der Waals surface area contributed by atoms with E-state index in [4.69, 9.17) is 0 Å². The van der Waals surface area contributed by atoms with Gasteiger partial charge in [0.1, 0.15) is 0 Å². The van der Waals surface area contributed by atoms with Gasteiger partial charge in [-0.05, 0) is 55.5 Å². The van der Waals surface area contributed by atoms with Gasteiger partial charge in [0, 0.05) is 16.8 Å². The molecule has 3 aromatic rings. The number of anilines is 2. The Kier molecular flexibility index (Phi) is 6.33. The van der Waals surface area contributed by atoms with Gasteiger partial charge in [-0.3, -0.25) is 14.5 Å². The molecule has 1 amide bonds. The Morgan fingerprint density at radius 3 is 2.36 bits per heavy atom. The van der Waals surface area contributed by atoms with Crippen LogP contribution < -0.4 is 10.0 Å². The molecule has 0 saturated carbocycles. The van der Waals surface area contributed by atoms with Crippen LogP contribution in [0.25, 0.3) is 0 Å². The Morgan fingerprint density at radius 2 is 1.71 bits per heavy atom. The zero-order valence-corrected chi connectivity index (χ0v) is 16.8. The van der Waals surface area contributed by atoms with Crippen molar-refractivity contribution in [3.8, 4) is 0 Å². The molecule has 0 aliphatic rings. The number of aromatic nitrogens is 1. The highest BCUT2D eigenvalue weighted by atomic mass is 32.2.